The summed E-state index contributed by atoms with van der Waals surface area (Å²) in [6.45, 7) is 4.80. The van der Waals surface area contributed by atoms with Crippen LogP contribution in [-0.4, -0.2) is 25.8 Å². The van der Waals surface area contributed by atoms with Gasteiger partial charge in [-0.25, -0.2) is 4.98 Å². The quantitative estimate of drug-likeness (QED) is 0.877. The van der Waals surface area contributed by atoms with Crippen molar-refractivity contribution in [3.63, 3.8) is 0 Å². The Hall–Kier alpha value is -2.17. The van der Waals surface area contributed by atoms with E-state index in [2.05, 4.69) is 17.0 Å². The topological polar surface area (TPSA) is 68.0 Å². The van der Waals surface area contributed by atoms with Crippen molar-refractivity contribution in [1.29, 1.82) is 0 Å². The maximum atomic E-state index is 11.5. The van der Waals surface area contributed by atoms with Crippen LogP contribution < -0.4 is 0 Å². The molecule has 0 saturated carbocycles. The van der Waals surface area contributed by atoms with Gasteiger partial charge in [0.1, 0.15) is 12.2 Å². The van der Waals surface area contributed by atoms with Crippen molar-refractivity contribution in [3.8, 4) is 0 Å². The molecule has 0 bridgehead atoms. The molecule has 5 heteroatoms. The molecule has 1 atom stereocenters. The first kappa shape index (κ1) is 14.2. The van der Waals surface area contributed by atoms with Gasteiger partial charge in [-0.3, -0.25) is 9.48 Å². The fourth-order valence-electron chi connectivity index (χ4n) is 2.17. The highest BCUT2D eigenvalue weighted by Gasteiger charge is 2.22. The number of aryl methyl sites for hydroxylation is 2. The van der Waals surface area contributed by atoms with Crippen LogP contribution in [-0.2, 0) is 17.8 Å². The average Bonchev–Trinajstić information content (AvgIpc) is 2.85. The van der Waals surface area contributed by atoms with Gasteiger partial charge in [0.2, 0.25) is 0 Å². The van der Waals surface area contributed by atoms with Gasteiger partial charge in [-0.1, -0.05) is 36.8 Å². The monoisotopic (exact) mass is 273 g/mol. The number of aromatic nitrogens is 3. The lowest BCUT2D eigenvalue weighted by atomic mass is 9.95. The molecule has 1 N–H and O–H groups in total. The fourth-order valence-corrected chi connectivity index (χ4v) is 2.17. The van der Waals surface area contributed by atoms with Gasteiger partial charge >= 0.3 is 5.97 Å². The summed E-state index contributed by atoms with van der Waals surface area (Å²) in [5.41, 5.74) is 1.92. The van der Waals surface area contributed by atoms with Crippen molar-refractivity contribution in [1.82, 2.24) is 14.8 Å². The normalized spacial score (nSPS) is 12.3. The van der Waals surface area contributed by atoms with Crippen molar-refractivity contribution in [3.05, 3.63) is 47.5 Å². The number of carbonyl (C=O) groups is 1. The number of carboxylic acids is 1. The Balaban J connectivity index is 2.23. The summed E-state index contributed by atoms with van der Waals surface area (Å²) in [4.78, 5) is 15.7. The number of rotatable bonds is 6. The maximum Gasteiger partial charge on any atom is 0.311 e. The molecular weight excluding hydrogens is 254 g/mol. The Kier molecular flexibility index (Phi) is 4.50. The van der Waals surface area contributed by atoms with E-state index in [4.69, 9.17) is 0 Å². The minimum Gasteiger partial charge on any atom is -0.481 e. The molecule has 0 aliphatic carbocycles. The minimum absolute atomic E-state index is 0.360. The lowest BCUT2D eigenvalue weighted by Crippen LogP contribution is -2.17. The predicted octanol–water partition coefficient (Wildman–Crippen LogP) is 2.41. The summed E-state index contributed by atoms with van der Waals surface area (Å²) in [6.07, 6.45) is 2.79. The molecule has 0 aliphatic heterocycles. The van der Waals surface area contributed by atoms with Crippen LogP contribution in [0.1, 0.15) is 36.2 Å². The van der Waals surface area contributed by atoms with Crippen LogP contribution in [0.15, 0.2) is 30.6 Å². The third-order valence-corrected chi connectivity index (χ3v) is 3.30. The third-order valence-electron chi connectivity index (χ3n) is 3.30. The Morgan fingerprint density at radius 1 is 1.35 bits per heavy atom. The molecule has 20 heavy (non-hydrogen) atoms. The predicted molar refractivity (Wildman–Crippen MR) is 75.6 cm³/mol. The van der Waals surface area contributed by atoms with Gasteiger partial charge < -0.3 is 5.11 Å². The number of aliphatic carboxylic acids is 1. The Labute approximate surface area is 118 Å². The van der Waals surface area contributed by atoms with Crippen molar-refractivity contribution >= 4 is 5.97 Å². The van der Waals surface area contributed by atoms with Gasteiger partial charge in [-0.2, -0.15) is 5.10 Å². The van der Waals surface area contributed by atoms with E-state index >= 15 is 0 Å². The molecular formula is C15H19N3O2. The molecule has 0 radical (unpaired) electrons. The molecule has 2 aromatic rings. The largest absolute Gasteiger partial charge is 0.481 e. The van der Waals surface area contributed by atoms with Crippen molar-refractivity contribution in [2.75, 3.05) is 0 Å². The standard InChI is InChI=1S/C15H19N3O2/c1-3-8-18-14(16-10-17-18)9-13(15(19)20)12-6-4-11(2)5-7-12/h4-7,10,13H,3,8-9H2,1-2H3,(H,19,20). The van der Waals surface area contributed by atoms with Crippen molar-refractivity contribution < 1.29 is 9.90 Å². The van der Waals surface area contributed by atoms with Crippen LogP contribution in [0.5, 0.6) is 0 Å². The summed E-state index contributed by atoms with van der Waals surface area (Å²) in [6, 6.07) is 7.60. The summed E-state index contributed by atoms with van der Waals surface area (Å²) in [5.74, 6) is -0.699. The second kappa shape index (κ2) is 6.32. The van der Waals surface area contributed by atoms with Gasteiger partial charge in [0.05, 0.1) is 5.92 Å². The average molecular weight is 273 g/mol. The molecule has 106 valence electrons. The zero-order valence-corrected chi connectivity index (χ0v) is 11.8. The van der Waals surface area contributed by atoms with Crippen LogP contribution in [0.2, 0.25) is 0 Å². The first-order valence-electron chi connectivity index (χ1n) is 6.78. The number of nitrogens with zero attached hydrogens (tertiary/aromatic N) is 3. The lowest BCUT2D eigenvalue weighted by Gasteiger charge is -2.13. The van der Waals surface area contributed by atoms with Gasteiger partial charge in [-0.15, -0.1) is 0 Å². The molecule has 0 aliphatic rings. The van der Waals surface area contributed by atoms with E-state index in [0.717, 1.165) is 29.9 Å². The lowest BCUT2D eigenvalue weighted by molar-refractivity contribution is -0.138. The molecule has 2 rings (SSSR count). The van der Waals surface area contributed by atoms with E-state index in [9.17, 15) is 9.90 Å². The third kappa shape index (κ3) is 3.23. The van der Waals surface area contributed by atoms with Crippen molar-refractivity contribution in [2.24, 2.45) is 0 Å². The minimum atomic E-state index is -0.833. The molecule has 1 heterocycles. The van der Waals surface area contributed by atoms with Crippen molar-refractivity contribution in [2.45, 2.75) is 39.2 Å². The highest BCUT2D eigenvalue weighted by atomic mass is 16.4. The van der Waals surface area contributed by atoms with E-state index in [0.29, 0.717) is 6.42 Å². The van der Waals surface area contributed by atoms with Crippen LogP contribution in [0, 0.1) is 6.92 Å². The molecule has 5 nitrogen and oxygen atoms in total. The summed E-state index contributed by atoms with van der Waals surface area (Å²) >= 11 is 0. The van der Waals surface area contributed by atoms with Gasteiger partial charge in [0.15, 0.2) is 0 Å². The van der Waals surface area contributed by atoms with Crippen LogP contribution in [0.4, 0.5) is 0 Å². The molecule has 0 saturated heterocycles. The Morgan fingerprint density at radius 3 is 2.65 bits per heavy atom. The van der Waals surface area contributed by atoms with Gasteiger partial charge in [-0.05, 0) is 18.9 Å². The second-order valence-corrected chi connectivity index (χ2v) is 4.91. The molecule has 1 aromatic carbocycles. The zero-order valence-electron chi connectivity index (χ0n) is 11.8. The SMILES string of the molecule is CCCn1ncnc1CC(C(=O)O)c1ccc(C)cc1. The van der Waals surface area contributed by atoms with E-state index in [1.807, 2.05) is 31.2 Å². The highest BCUT2D eigenvalue weighted by molar-refractivity contribution is 5.76. The molecule has 1 unspecified atom stereocenters. The summed E-state index contributed by atoms with van der Waals surface area (Å²) in [5, 5.41) is 13.6. The van der Waals surface area contributed by atoms with E-state index in [-0.39, 0.29) is 0 Å². The maximum absolute atomic E-state index is 11.5. The molecule has 0 spiro atoms. The van der Waals surface area contributed by atoms with E-state index < -0.39 is 11.9 Å². The molecule has 0 fully saturated rings. The second-order valence-electron chi connectivity index (χ2n) is 4.91. The molecule has 1 aromatic heterocycles. The van der Waals surface area contributed by atoms with E-state index in [1.54, 1.807) is 4.68 Å². The number of carboxylic acid groups (broad SMARTS) is 1. The number of hydrogen-bond acceptors (Lipinski definition) is 3. The first-order valence-corrected chi connectivity index (χ1v) is 6.78. The highest BCUT2D eigenvalue weighted by Crippen LogP contribution is 2.21. The van der Waals surface area contributed by atoms with Gasteiger partial charge in [0, 0.05) is 13.0 Å². The van der Waals surface area contributed by atoms with Crippen LogP contribution in [0.3, 0.4) is 0 Å². The smallest absolute Gasteiger partial charge is 0.311 e. The Bertz CT molecular complexity index is 575. The fraction of sp³-hybridized carbons (Fsp3) is 0.400. The van der Waals surface area contributed by atoms with Gasteiger partial charge in [0.25, 0.3) is 0 Å². The first-order chi connectivity index (χ1) is 9.61. The summed E-state index contributed by atoms with van der Waals surface area (Å²) < 4.78 is 1.78. The van der Waals surface area contributed by atoms with E-state index in [1.165, 1.54) is 6.33 Å². The number of hydrogen-bond donors (Lipinski definition) is 1. The van der Waals surface area contributed by atoms with Crippen LogP contribution in [0.25, 0.3) is 0 Å². The molecule has 0 amide bonds. The number of benzene rings is 1. The zero-order chi connectivity index (χ0) is 14.5. The Morgan fingerprint density at radius 2 is 2.05 bits per heavy atom. The summed E-state index contributed by atoms with van der Waals surface area (Å²) in [7, 11) is 0. The van der Waals surface area contributed by atoms with Crippen LogP contribution >= 0.6 is 0 Å².